The van der Waals surface area contributed by atoms with Gasteiger partial charge >= 0.3 is 5.97 Å². The number of halogens is 2. The van der Waals surface area contributed by atoms with E-state index in [0.717, 1.165) is 12.1 Å². The van der Waals surface area contributed by atoms with Gasteiger partial charge in [-0.1, -0.05) is 22.0 Å². The zero-order chi connectivity index (χ0) is 18.8. The van der Waals surface area contributed by atoms with Gasteiger partial charge in [0, 0.05) is 29.3 Å². The van der Waals surface area contributed by atoms with Crippen molar-refractivity contribution in [2.75, 3.05) is 13.9 Å². The average molecular weight is 424 g/mol. The Kier molecular flexibility index (Phi) is 5.24. The van der Waals surface area contributed by atoms with Crippen LogP contribution >= 0.6 is 15.9 Å². The van der Waals surface area contributed by atoms with Gasteiger partial charge < -0.3 is 19.5 Å². The molecule has 0 unspecified atom stereocenters. The topological polar surface area (TPSA) is 76.1 Å². The van der Waals surface area contributed by atoms with E-state index in [-0.39, 0.29) is 24.7 Å². The number of carboxylic acids is 1. The number of benzene rings is 2. The lowest BCUT2D eigenvalue weighted by Gasteiger charge is -2.26. The van der Waals surface area contributed by atoms with Crippen LogP contribution in [0.5, 0.6) is 5.75 Å². The van der Waals surface area contributed by atoms with Crippen LogP contribution in [-0.4, -0.2) is 35.8 Å². The summed E-state index contributed by atoms with van der Waals surface area (Å²) in [5.74, 6) is -2.19. The van der Waals surface area contributed by atoms with E-state index in [0.29, 0.717) is 15.6 Å². The molecule has 0 saturated carbocycles. The summed E-state index contributed by atoms with van der Waals surface area (Å²) < 4.78 is 24.7. The third-order valence-corrected chi connectivity index (χ3v) is 4.54. The SMILES string of the molecule is COCOc1ccc(F)cc1[C@H](C(=O)O)N1Cc2ccc(Br)cc2C1=O. The number of fused-ring (bicyclic) bond motifs is 1. The standard InChI is InChI=1S/C18H15BrFNO5/c1-25-9-26-15-5-4-12(20)7-14(15)16(18(23)24)21-8-10-2-3-11(19)6-13(10)17(21)22/h2-7,16H,8-9H2,1H3,(H,23,24)/t16-/m1/s1. The summed E-state index contributed by atoms with van der Waals surface area (Å²) >= 11 is 3.30. The second-order valence-corrected chi connectivity index (χ2v) is 6.62. The molecule has 0 spiro atoms. The van der Waals surface area contributed by atoms with Gasteiger partial charge in [-0.3, -0.25) is 4.79 Å². The minimum absolute atomic E-state index is 0.0507. The second kappa shape index (κ2) is 7.43. The van der Waals surface area contributed by atoms with E-state index >= 15 is 0 Å². The zero-order valence-electron chi connectivity index (χ0n) is 13.7. The van der Waals surface area contributed by atoms with E-state index in [4.69, 9.17) is 9.47 Å². The maximum absolute atomic E-state index is 13.8. The lowest BCUT2D eigenvalue weighted by molar-refractivity contribution is -0.142. The maximum Gasteiger partial charge on any atom is 0.331 e. The van der Waals surface area contributed by atoms with Crippen LogP contribution in [0.4, 0.5) is 4.39 Å². The van der Waals surface area contributed by atoms with Gasteiger partial charge in [-0.15, -0.1) is 0 Å². The summed E-state index contributed by atoms with van der Waals surface area (Å²) in [6, 6.07) is 7.33. The third-order valence-electron chi connectivity index (χ3n) is 4.05. The van der Waals surface area contributed by atoms with Gasteiger partial charge in [0.15, 0.2) is 12.8 Å². The molecule has 2 aromatic carbocycles. The summed E-state index contributed by atoms with van der Waals surface area (Å²) in [5.41, 5.74) is 1.18. The first-order chi connectivity index (χ1) is 12.4. The smallest absolute Gasteiger partial charge is 0.331 e. The largest absolute Gasteiger partial charge is 0.479 e. The highest BCUT2D eigenvalue weighted by Crippen LogP contribution is 2.36. The molecule has 0 saturated heterocycles. The molecule has 3 rings (SSSR count). The Morgan fingerprint density at radius 1 is 1.35 bits per heavy atom. The van der Waals surface area contributed by atoms with Crippen LogP contribution in [0.15, 0.2) is 40.9 Å². The summed E-state index contributed by atoms with van der Waals surface area (Å²) in [7, 11) is 1.41. The van der Waals surface area contributed by atoms with Crippen molar-refractivity contribution in [3.05, 3.63) is 63.4 Å². The molecule has 1 aliphatic heterocycles. The van der Waals surface area contributed by atoms with Gasteiger partial charge in [0.25, 0.3) is 5.91 Å². The van der Waals surface area contributed by atoms with Crippen LogP contribution in [0.1, 0.15) is 27.5 Å². The zero-order valence-corrected chi connectivity index (χ0v) is 15.3. The molecule has 0 aliphatic carbocycles. The van der Waals surface area contributed by atoms with Crippen LogP contribution in [0.25, 0.3) is 0 Å². The maximum atomic E-state index is 13.8. The summed E-state index contributed by atoms with van der Waals surface area (Å²) in [5, 5.41) is 9.77. The number of rotatable bonds is 6. The normalized spacial score (nSPS) is 14.3. The first-order valence-electron chi connectivity index (χ1n) is 7.65. The van der Waals surface area contributed by atoms with Crippen molar-refractivity contribution in [1.29, 1.82) is 0 Å². The average Bonchev–Trinajstić information content (AvgIpc) is 2.90. The Morgan fingerprint density at radius 2 is 2.12 bits per heavy atom. The number of amides is 1. The van der Waals surface area contributed by atoms with Crippen molar-refractivity contribution in [3.8, 4) is 5.75 Å². The second-order valence-electron chi connectivity index (χ2n) is 5.71. The molecule has 6 nitrogen and oxygen atoms in total. The van der Waals surface area contributed by atoms with Crippen molar-refractivity contribution in [2.45, 2.75) is 12.6 Å². The Balaban J connectivity index is 2.03. The predicted molar refractivity (Wildman–Crippen MR) is 93.3 cm³/mol. The molecule has 0 radical (unpaired) electrons. The van der Waals surface area contributed by atoms with Crippen molar-refractivity contribution >= 4 is 27.8 Å². The first-order valence-corrected chi connectivity index (χ1v) is 8.45. The Bertz CT molecular complexity index is 873. The van der Waals surface area contributed by atoms with Crippen LogP contribution in [0.3, 0.4) is 0 Å². The van der Waals surface area contributed by atoms with Crippen LogP contribution < -0.4 is 4.74 Å². The van der Waals surface area contributed by atoms with E-state index in [1.54, 1.807) is 18.2 Å². The van der Waals surface area contributed by atoms with Gasteiger partial charge in [0.2, 0.25) is 0 Å². The van der Waals surface area contributed by atoms with Crippen LogP contribution in [-0.2, 0) is 16.1 Å². The highest BCUT2D eigenvalue weighted by molar-refractivity contribution is 9.10. The van der Waals surface area contributed by atoms with Crippen molar-refractivity contribution in [2.24, 2.45) is 0 Å². The molecule has 1 heterocycles. The molecule has 1 N–H and O–H groups in total. The minimum Gasteiger partial charge on any atom is -0.479 e. The summed E-state index contributed by atoms with van der Waals surface area (Å²) in [6.45, 7) is -0.0231. The fourth-order valence-electron chi connectivity index (χ4n) is 2.93. The lowest BCUT2D eigenvalue weighted by atomic mass is 10.0. The van der Waals surface area contributed by atoms with Gasteiger partial charge in [-0.2, -0.15) is 0 Å². The molecule has 2 aromatic rings. The number of hydrogen-bond acceptors (Lipinski definition) is 4. The molecule has 8 heteroatoms. The number of carbonyl (C=O) groups is 2. The molecule has 0 aromatic heterocycles. The van der Waals surface area contributed by atoms with Gasteiger partial charge in [-0.05, 0) is 35.9 Å². The van der Waals surface area contributed by atoms with Gasteiger partial charge in [0.05, 0.1) is 0 Å². The fourth-order valence-corrected chi connectivity index (χ4v) is 3.29. The number of hydrogen-bond donors (Lipinski definition) is 1. The molecule has 1 atom stereocenters. The molecule has 1 aliphatic rings. The number of ether oxygens (including phenoxy) is 2. The molecule has 136 valence electrons. The van der Waals surface area contributed by atoms with Crippen molar-refractivity contribution in [1.82, 2.24) is 4.90 Å². The summed E-state index contributed by atoms with van der Waals surface area (Å²) in [6.07, 6.45) is 0. The minimum atomic E-state index is -1.39. The number of aliphatic carboxylic acids is 1. The molecular weight excluding hydrogens is 409 g/mol. The van der Waals surface area contributed by atoms with Gasteiger partial charge in [0.1, 0.15) is 11.6 Å². The lowest BCUT2D eigenvalue weighted by Crippen LogP contribution is -2.34. The van der Waals surface area contributed by atoms with Gasteiger partial charge in [-0.25, -0.2) is 9.18 Å². The Hall–Kier alpha value is -2.45. The van der Waals surface area contributed by atoms with E-state index in [1.165, 1.54) is 18.1 Å². The highest BCUT2D eigenvalue weighted by Gasteiger charge is 2.39. The van der Waals surface area contributed by atoms with E-state index in [9.17, 15) is 19.1 Å². The number of methoxy groups -OCH3 is 1. The van der Waals surface area contributed by atoms with E-state index < -0.39 is 23.7 Å². The molecule has 0 fully saturated rings. The molecule has 1 amide bonds. The van der Waals surface area contributed by atoms with E-state index in [1.807, 2.05) is 0 Å². The molecular formula is C18H15BrFNO5. The van der Waals surface area contributed by atoms with Crippen molar-refractivity contribution < 1.29 is 28.6 Å². The number of carbonyl (C=O) groups excluding carboxylic acids is 1. The number of carboxylic acid groups (broad SMARTS) is 1. The van der Waals surface area contributed by atoms with Crippen LogP contribution in [0, 0.1) is 5.82 Å². The van der Waals surface area contributed by atoms with E-state index in [2.05, 4.69) is 15.9 Å². The first kappa shape index (κ1) is 18.3. The Labute approximate surface area is 157 Å². The third kappa shape index (κ3) is 3.42. The molecule has 26 heavy (non-hydrogen) atoms. The molecule has 0 bridgehead atoms. The fraction of sp³-hybridized carbons (Fsp3) is 0.222. The number of nitrogens with zero attached hydrogens (tertiary/aromatic N) is 1. The van der Waals surface area contributed by atoms with Crippen molar-refractivity contribution in [3.63, 3.8) is 0 Å². The van der Waals surface area contributed by atoms with Crippen LogP contribution in [0.2, 0.25) is 0 Å². The monoisotopic (exact) mass is 423 g/mol. The predicted octanol–water partition coefficient (Wildman–Crippen LogP) is 3.35. The highest BCUT2D eigenvalue weighted by atomic mass is 79.9. The summed E-state index contributed by atoms with van der Waals surface area (Å²) in [4.78, 5) is 25.9. The Morgan fingerprint density at radius 3 is 2.81 bits per heavy atom. The quantitative estimate of drug-likeness (QED) is 0.720.